The summed E-state index contributed by atoms with van der Waals surface area (Å²) in [4.78, 5) is 11.3. The van der Waals surface area contributed by atoms with E-state index < -0.39 is 0 Å². The van der Waals surface area contributed by atoms with Crippen LogP contribution in [-0.4, -0.2) is 40.4 Å². The van der Waals surface area contributed by atoms with Crippen LogP contribution in [-0.2, 0) is 4.74 Å². The maximum Gasteiger partial charge on any atom is 0.261 e. The molecule has 6 nitrogen and oxygen atoms in total. The Balaban J connectivity index is 1.41. The Bertz CT molecular complexity index is 688. The topological polar surface area (TPSA) is 64.3 Å². The van der Waals surface area contributed by atoms with Gasteiger partial charge in [-0.15, -0.1) is 0 Å². The van der Waals surface area contributed by atoms with E-state index in [1.165, 1.54) is 32.1 Å². The summed E-state index contributed by atoms with van der Waals surface area (Å²) in [6, 6.07) is 3.91. The zero-order valence-corrected chi connectivity index (χ0v) is 14.9. The number of anilines is 1. The van der Waals surface area contributed by atoms with Gasteiger partial charge in [0.25, 0.3) is 5.89 Å². The van der Waals surface area contributed by atoms with Crippen molar-refractivity contribution in [3.63, 3.8) is 0 Å². The zero-order valence-electron chi connectivity index (χ0n) is 14.9. The predicted octanol–water partition coefficient (Wildman–Crippen LogP) is 3.76. The molecule has 2 fully saturated rings. The molecule has 0 unspecified atom stereocenters. The fourth-order valence-electron chi connectivity index (χ4n) is 3.90. The van der Waals surface area contributed by atoms with Gasteiger partial charge in [0, 0.05) is 19.3 Å². The minimum absolute atomic E-state index is 0.386. The SMILES string of the molecule is Cc1noc(-c2cccnc2N2CCC(OC3CCCCC3)CC2)n1. The van der Waals surface area contributed by atoms with Crippen LogP contribution in [0.2, 0.25) is 0 Å². The standard InChI is InChI=1S/C19H26N4O2/c1-14-21-19(25-22-14)17-8-5-11-20-18(17)23-12-9-16(10-13-23)24-15-6-3-2-4-7-15/h5,8,11,15-16H,2-4,6-7,9-10,12-13H2,1H3. The normalized spacial score (nSPS) is 20.1. The third-order valence-corrected chi connectivity index (χ3v) is 5.22. The van der Waals surface area contributed by atoms with Crippen molar-refractivity contribution in [2.75, 3.05) is 18.0 Å². The molecule has 1 aliphatic heterocycles. The summed E-state index contributed by atoms with van der Waals surface area (Å²) < 4.78 is 11.7. The summed E-state index contributed by atoms with van der Waals surface area (Å²) >= 11 is 0. The summed E-state index contributed by atoms with van der Waals surface area (Å²) in [6.45, 7) is 3.74. The Labute approximate surface area is 148 Å². The number of hydrogen-bond donors (Lipinski definition) is 0. The van der Waals surface area contributed by atoms with Crippen LogP contribution in [0.15, 0.2) is 22.9 Å². The number of nitrogens with zero attached hydrogens (tertiary/aromatic N) is 4. The molecule has 0 N–H and O–H groups in total. The van der Waals surface area contributed by atoms with E-state index in [1.54, 1.807) is 0 Å². The number of ether oxygens (including phenoxy) is 1. The highest BCUT2D eigenvalue weighted by Gasteiger charge is 2.26. The Kier molecular flexibility index (Phi) is 4.97. The van der Waals surface area contributed by atoms with Crippen LogP contribution in [0, 0.1) is 6.92 Å². The Morgan fingerprint density at radius 1 is 1.08 bits per heavy atom. The molecular weight excluding hydrogens is 316 g/mol. The molecule has 134 valence electrons. The summed E-state index contributed by atoms with van der Waals surface area (Å²) in [5, 5.41) is 3.90. The van der Waals surface area contributed by atoms with E-state index in [0.717, 1.165) is 37.3 Å². The molecule has 2 aromatic rings. The number of hydrogen-bond acceptors (Lipinski definition) is 6. The molecule has 3 heterocycles. The van der Waals surface area contributed by atoms with Crippen molar-refractivity contribution in [3.8, 4) is 11.5 Å². The Morgan fingerprint density at radius 2 is 1.84 bits per heavy atom. The Hall–Kier alpha value is -1.95. The summed E-state index contributed by atoms with van der Waals surface area (Å²) in [5.41, 5.74) is 0.912. The number of rotatable bonds is 4. The van der Waals surface area contributed by atoms with Crippen LogP contribution >= 0.6 is 0 Å². The van der Waals surface area contributed by atoms with Gasteiger partial charge in [0.05, 0.1) is 17.8 Å². The lowest BCUT2D eigenvalue weighted by atomic mass is 9.97. The smallest absolute Gasteiger partial charge is 0.261 e. The van der Waals surface area contributed by atoms with Gasteiger partial charge in [-0.3, -0.25) is 0 Å². The van der Waals surface area contributed by atoms with Crippen molar-refractivity contribution >= 4 is 5.82 Å². The molecule has 0 radical (unpaired) electrons. The van der Waals surface area contributed by atoms with Gasteiger partial charge in [0.1, 0.15) is 5.82 Å². The molecule has 1 saturated carbocycles. The van der Waals surface area contributed by atoms with Crippen LogP contribution in [0.4, 0.5) is 5.82 Å². The van der Waals surface area contributed by atoms with Gasteiger partial charge >= 0.3 is 0 Å². The summed E-state index contributed by atoms with van der Waals surface area (Å²) in [5.74, 6) is 2.12. The van der Waals surface area contributed by atoms with E-state index in [0.29, 0.717) is 23.9 Å². The van der Waals surface area contributed by atoms with E-state index in [1.807, 2.05) is 25.3 Å². The molecule has 0 atom stereocenters. The average molecular weight is 342 g/mol. The maximum absolute atomic E-state index is 6.35. The highest BCUT2D eigenvalue weighted by atomic mass is 16.5. The largest absolute Gasteiger partial charge is 0.375 e. The first-order valence-corrected chi connectivity index (χ1v) is 9.46. The molecule has 1 saturated heterocycles. The first-order valence-electron chi connectivity index (χ1n) is 9.46. The molecule has 1 aliphatic carbocycles. The molecule has 0 amide bonds. The minimum atomic E-state index is 0.386. The van der Waals surface area contributed by atoms with Gasteiger partial charge < -0.3 is 14.2 Å². The van der Waals surface area contributed by atoms with Crippen molar-refractivity contribution in [3.05, 3.63) is 24.2 Å². The number of aryl methyl sites for hydroxylation is 1. The average Bonchev–Trinajstić information content (AvgIpc) is 3.10. The van der Waals surface area contributed by atoms with Crippen molar-refractivity contribution in [1.29, 1.82) is 0 Å². The maximum atomic E-state index is 6.35. The van der Waals surface area contributed by atoms with Crippen molar-refractivity contribution < 1.29 is 9.26 Å². The molecule has 0 aromatic carbocycles. The van der Waals surface area contributed by atoms with Crippen LogP contribution in [0.1, 0.15) is 50.8 Å². The first-order chi connectivity index (χ1) is 12.3. The number of piperidine rings is 1. The lowest BCUT2D eigenvalue weighted by Gasteiger charge is -2.35. The molecule has 6 heteroatoms. The highest BCUT2D eigenvalue weighted by Crippen LogP contribution is 2.31. The number of pyridine rings is 1. The molecular formula is C19H26N4O2. The van der Waals surface area contributed by atoms with Crippen LogP contribution in [0.25, 0.3) is 11.5 Å². The van der Waals surface area contributed by atoms with Gasteiger partial charge in [-0.25, -0.2) is 4.98 Å². The van der Waals surface area contributed by atoms with Gasteiger partial charge in [0.2, 0.25) is 0 Å². The van der Waals surface area contributed by atoms with Crippen molar-refractivity contribution in [2.45, 2.75) is 64.1 Å². The molecule has 4 rings (SSSR count). The van der Waals surface area contributed by atoms with Gasteiger partial charge in [0.15, 0.2) is 5.82 Å². The predicted molar refractivity (Wildman–Crippen MR) is 95.5 cm³/mol. The molecule has 2 aromatic heterocycles. The number of aromatic nitrogens is 3. The second-order valence-electron chi connectivity index (χ2n) is 7.10. The fourth-order valence-corrected chi connectivity index (χ4v) is 3.90. The fraction of sp³-hybridized carbons (Fsp3) is 0.632. The molecule has 25 heavy (non-hydrogen) atoms. The van der Waals surface area contributed by atoms with E-state index in [9.17, 15) is 0 Å². The second-order valence-corrected chi connectivity index (χ2v) is 7.10. The molecule has 0 bridgehead atoms. The van der Waals surface area contributed by atoms with E-state index >= 15 is 0 Å². The van der Waals surface area contributed by atoms with Crippen molar-refractivity contribution in [1.82, 2.24) is 15.1 Å². The van der Waals surface area contributed by atoms with Gasteiger partial charge in [-0.2, -0.15) is 4.98 Å². The lowest BCUT2D eigenvalue weighted by Crippen LogP contribution is -2.39. The first kappa shape index (κ1) is 16.5. The van der Waals surface area contributed by atoms with E-state index in [-0.39, 0.29) is 0 Å². The van der Waals surface area contributed by atoms with Crippen LogP contribution in [0.3, 0.4) is 0 Å². The monoisotopic (exact) mass is 342 g/mol. The minimum Gasteiger partial charge on any atom is -0.375 e. The summed E-state index contributed by atoms with van der Waals surface area (Å²) in [6.07, 6.45) is 11.3. The summed E-state index contributed by atoms with van der Waals surface area (Å²) in [7, 11) is 0. The second kappa shape index (κ2) is 7.52. The lowest BCUT2D eigenvalue weighted by molar-refractivity contribution is -0.0395. The molecule has 2 aliphatic rings. The highest BCUT2D eigenvalue weighted by molar-refractivity contribution is 5.69. The van der Waals surface area contributed by atoms with Crippen LogP contribution in [0.5, 0.6) is 0 Å². The Morgan fingerprint density at radius 3 is 2.56 bits per heavy atom. The zero-order chi connectivity index (χ0) is 17.1. The van der Waals surface area contributed by atoms with Gasteiger partial charge in [-0.05, 0) is 44.7 Å². The van der Waals surface area contributed by atoms with E-state index in [2.05, 4.69) is 20.0 Å². The third-order valence-electron chi connectivity index (χ3n) is 5.22. The quantitative estimate of drug-likeness (QED) is 0.843. The third kappa shape index (κ3) is 3.84. The van der Waals surface area contributed by atoms with Gasteiger partial charge in [-0.1, -0.05) is 24.4 Å². The van der Waals surface area contributed by atoms with Crippen molar-refractivity contribution in [2.24, 2.45) is 0 Å². The molecule has 0 spiro atoms. The van der Waals surface area contributed by atoms with Crippen LogP contribution < -0.4 is 4.90 Å². The van der Waals surface area contributed by atoms with E-state index in [4.69, 9.17) is 9.26 Å².